The lowest BCUT2D eigenvalue weighted by atomic mass is 9.99. The lowest BCUT2D eigenvalue weighted by molar-refractivity contribution is -0.111. The highest BCUT2D eigenvalue weighted by atomic mass is 16.1. The van der Waals surface area contributed by atoms with Gasteiger partial charge in [-0.3, -0.25) is 0 Å². The summed E-state index contributed by atoms with van der Waals surface area (Å²) in [5.41, 5.74) is 1.41. The number of hydrogen-bond acceptors (Lipinski definition) is 4. The van der Waals surface area contributed by atoms with Crippen LogP contribution in [0.4, 0.5) is 5.69 Å². The van der Waals surface area contributed by atoms with Crippen LogP contribution in [-0.2, 0) is 4.79 Å². The van der Waals surface area contributed by atoms with E-state index in [1.807, 2.05) is 12.1 Å². The molecule has 1 unspecified atom stereocenters. The van der Waals surface area contributed by atoms with Gasteiger partial charge in [-0.1, -0.05) is 0 Å². The van der Waals surface area contributed by atoms with Crippen LogP contribution in [-0.4, -0.2) is 24.4 Å². The lowest BCUT2D eigenvalue weighted by Gasteiger charge is -2.32. The largest absolute Gasteiger partial charge is 0.371 e. The maximum absolute atomic E-state index is 10.8. The van der Waals surface area contributed by atoms with E-state index >= 15 is 0 Å². The molecule has 0 N–H and O–H groups in total. The molecule has 0 radical (unpaired) electrons. The van der Waals surface area contributed by atoms with E-state index in [1.54, 1.807) is 12.3 Å². The van der Waals surface area contributed by atoms with Crippen molar-refractivity contribution < 1.29 is 4.79 Å². The van der Waals surface area contributed by atoms with Crippen LogP contribution in [0.3, 0.4) is 0 Å². The third-order valence-corrected chi connectivity index (χ3v) is 2.87. The van der Waals surface area contributed by atoms with Crippen LogP contribution in [0.1, 0.15) is 18.5 Å². The van der Waals surface area contributed by atoms with Gasteiger partial charge in [-0.2, -0.15) is 5.26 Å². The molecule has 1 aliphatic heterocycles. The summed E-state index contributed by atoms with van der Waals surface area (Å²) < 4.78 is 0. The Bertz CT molecular complexity index is 425. The second-order valence-electron chi connectivity index (χ2n) is 4.00. The number of hydrogen-bond donors (Lipinski definition) is 0. The molecular weight excluding hydrogens is 202 g/mol. The molecule has 4 nitrogen and oxygen atoms in total. The minimum absolute atomic E-state index is 0.118. The van der Waals surface area contributed by atoms with Gasteiger partial charge in [0.05, 0.1) is 0 Å². The zero-order valence-electron chi connectivity index (χ0n) is 8.97. The first-order chi connectivity index (χ1) is 7.83. The second kappa shape index (κ2) is 4.75. The lowest BCUT2D eigenvalue weighted by Crippen LogP contribution is -2.36. The fourth-order valence-corrected chi connectivity index (χ4v) is 2.03. The minimum atomic E-state index is 0.118. The molecule has 2 heterocycles. The summed E-state index contributed by atoms with van der Waals surface area (Å²) in [4.78, 5) is 16.8. The number of nitrogens with zero attached hydrogens (tertiary/aromatic N) is 3. The van der Waals surface area contributed by atoms with Crippen LogP contribution >= 0.6 is 0 Å². The molecule has 16 heavy (non-hydrogen) atoms. The van der Waals surface area contributed by atoms with Crippen LogP contribution in [0.2, 0.25) is 0 Å². The smallest absolute Gasteiger partial charge is 0.142 e. The Kier molecular flexibility index (Phi) is 3.16. The summed E-state index contributed by atoms with van der Waals surface area (Å²) >= 11 is 0. The van der Waals surface area contributed by atoms with Gasteiger partial charge in [0.1, 0.15) is 18.0 Å². The van der Waals surface area contributed by atoms with Gasteiger partial charge >= 0.3 is 0 Å². The molecule has 1 saturated heterocycles. The van der Waals surface area contributed by atoms with Crippen molar-refractivity contribution in [3.05, 3.63) is 24.0 Å². The second-order valence-corrected chi connectivity index (χ2v) is 4.00. The van der Waals surface area contributed by atoms with Crippen LogP contribution in [0, 0.1) is 17.2 Å². The minimum Gasteiger partial charge on any atom is -0.371 e. The Labute approximate surface area is 94.5 Å². The molecule has 2 rings (SSSR count). The molecule has 0 aliphatic carbocycles. The normalized spacial score (nSPS) is 20.2. The van der Waals surface area contributed by atoms with Crippen molar-refractivity contribution in [3.8, 4) is 6.07 Å². The van der Waals surface area contributed by atoms with Gasteiger partial charge in [-0.15, -0.1) is 0 Å². The number of piperidine rings is 1. The van der Waals surface area contributed by atoms with Crippen molar-refractivity contribution in [2.24, 2.45) is 5.92 Å². The third-order valence-electron chi connectivity index (χ3n) is 2.87. The first-order valence-corrected chi connectivity index (χ1v) is 5.40. The fourth-order valence-electron chi connectivity index (χ4n) is 2.03. The van der Waals surface area contributed by atoms with Crippen LogP contribution in [0.15, 0.2) is 18.3 Å². The van der Waals surface area contributed by atoms with Crippen molar-refractivity contribution in [1.29, 1.82) is 5.26 Å². The summed E-state index contributed by atoms with van der Waals surface area (Å²) in [5.74, 6) is 0.118. The Morgan fingerprint density at radius 1 is 1.62 bits per heavy atom. The van der Waals surface area contributed by atoms with Gasteiger partial charge in [0.2, 0.25) is 0 Å². The molecule has 0 saturated carbocycles. The number of aldehydes is 1. The average Bonchev–Trinajstić information content (AvgIpc) is 2.39. The van der Waals surface area contributed by atoms with E-state index < -0.39 is 0 Å². The van der Waals surface area contributed by atoms with Gasteiger partial charge in [-0.05, 0) is 25.0 Å². The van der Waals surface area contributed by atoms with Gasteiger partial charge in [0.25, 0.3) is 0 Å². The standard InChI is InChI=1S/C12H13N3O/c13-7-11-6-12(3-4-14-11)15-5-1-2-10(8-15)9-16/h3-4,6,9-10H,1-2,5,8H2. The molecule has 0 bridgehead atoms. The van der Waals surface area contributed by atoms with Crippen LogP contribution in [0.25, 0.3) is 0 Å². The average molecular weight is 215 g/mol. The van der Waals surface area contributed by atoms with Crippen molar-refractivity contribution in [3.63, 3.8) is 0 Å². The highest BCUT2D eigenvalue weighted by Gasteiger charge is 2.19. The number of anilines is 1. The van der Waals surface area contributed by atoms with E-state index in [0.717, 1.165) is 37.9 Å². The van der Waals surface area contributed by atoms with Gasteiger partial charge in [-0.25, -0.2) is 4.98 Å². The van der Waals surface area contributed by atoms with Crippen molar-refractivity contribution in [2.75, 3.05) is 18.0 Å². The summed E-state index contributed by atoms with van der Waals surface area (Å²) in [6, 6.07) is 5.68. The zero-order chi connectivity index (χ0) is 11.4. The predicted molar refractivity (Wildman–Crippen MR) is 60.0 cm³/mol. The molecule has 0 spiro atoms. The molecule has 1 aliphatic rings. The fraction of sp³-hybridized carbons (Fsp3) is 0.417. The summed E-state index contributed by atoms with van der Waals surface area (Å²) in [5, 5.41) is 8.77. The summed E-state index contributed by atoms with van der Waals surface area (Å²) in [7, 11) is 0. The third kappa shape index (κ3) is 2.19. The van der Waals surface area contributed by atoms with Crippen LogP contribution in [0.5, 0.6) is 0 Å². The van der Waals surface area contributed by atoms with E-state index in [1.165, 1.54) is 0 Å². The molecule has 4 heteroatoms. The number of carbonyl (C=O) groups is 1. The molecule has 1 aromatic heterocycles. The molecule has 82 valence electrons. The van der Waals surface area contributed by atoms with Gasteiger partial charge < -0.3 is 9.69 Å². The van der Waals surface area contributed by atoms with Crippen LogP contribution < -0.4 is 4.90 Å². The molecular formula is C12H13N3O. The van der Waals surface area contributed by atoms with E-state index in [0.29, 0.717) is 5.69 Å². The Morgan fingerprint density at radius 2 is 2.50 bits per heavy atom. The number of pyridine rings is 1. The molecule has 0 aromatic carbocycles. The first-order valence-electron chi connectivity index (χ1n) is 5.40. The maximum Gasteiger partial charge on any atom is 0.142 e. The SMILES string of the molecule is N#Cc1cc(N2CCCC(C=O)C2)ccn1. The quantitative estimate of drug-likeness (QED) is 0.699. The monoisotopic (exact) mass is 215 g/mol. The Morgan fingerprint density at radius 3 is 3.25 bits per heavy atom. The zero-order valence-corrected chi connectivity index (χ0v) is 8.97. The Hall–Kier alpha value is -1.89. The molecule has 1 aromatic rings. The maximum atomic E-state index is 10.8. The van der Waals surface area contributed by atoms with E-state index in [-0.39, 0.29) is 5.92 Å². The Balaban J connectivity index is 2.17. The predicted octanol–water partition coefficient (Wildman–Crippen LogP) is 1.37. The van der Waals surface area contributed by atoms with Gasteiger partial charge in [0.15, 0.2) is 0 Å². The number of nitriles is 1. The van der Waals surface area contributed by atoms with E-state index in [2.05, 4.69) is 9.88 Å². The van der Waals surface area contributed by atoms with E-state index in [4.69, 9.17) is 5.26 Å². The molecule has 1 fully saturated rings. The summed E-state index contributed by atoms with van der Waals surface area (Å²) in [6.07, 6.45) is 4.65. The highest BCUT2D eigenvalue weighted by Crippen LogP contribution is 2.22. The molecule has 1 atom stereocenters. The topological polar surface area (TPSA) is 57.0 Å². The van der Waals surface area contributed by atoms with Crippen molar-refractivity contribution in [2.45, 2.75) is 12.8 Å². The van der Waals surface area contributed by atoms with E-state index in [9.17, 15) is 4.79 Å². The highest BCUT2D eigenvalue weighted by molar-refractivity contribution is 5.57. The number of carbonyl (C=O) groups excluding carboxylic acids is 1. The first kappa shape index (κ1) is 10.6. The van der Waals surface area contributed by atoms with Crippen molar-refractivity contribution in [1.82, 2.24) is 4.98 Å². The van der Waals surface area contributed by atoms with Crippen molar-refractivity contribution >= 4 is 12.0 Å². The number of aromatic nitrogens is 1. The molecule has 0 amide bonds. The summed E-state index contributed by atoms with van der Waals surface area (Å²) in [6.45, 7) is 1.69. The van der Waals surface area contributed by atoms with Gasteiger partial charge in [0, 0.05) is 30.9 Å². The number of rotatable bonds is 2.